The zero-order valence-electron chi connectivity index (χ0n) is 19.0. The number of ether oxygens (including phenoxy) is 2. The van der Waals surface area contributed by atoms with Gasteiger partial charge >= 0.3 is 12.6 Å². The third-order valence-corrected chi connectivity index (χ3v) is 7.39. The van der Waals surface area contributed by atoms with Gasteiger partial charge < -0.3 is 14.6 Å². The minimum Gasteiger partial charge on any atom is -0.486 e. The number of carboxylic acid groups (broad SMARTS) is 1. The van der Waals surface area contributed by atoms with Crippen molar-refractivity contribution in [2.45, 2.75) is 30.5 Å². The molecule has 2 aromatic carbocycles. The molecule has 1 aromatic heterocycles. The summed E-state index contributed by atoms with van der Waals surface area (Å²) in [6, 6.07) is 9.59. The average molecular weight is 552 g/mol. The van der Waals surface area contributed by atoms with Crippen LogP contribution < -0.4 is 13.8 Å². The van der Waals surface area contributed by atoms with Gasteiger partial charge in [-0.2, -0.15) is 8.78 Å². The maximum Gasteiger partial charge on any atom is 0.387 e. The number of sulfonamides is 1. The molecule has 0 saturated heterocycles. The predicted molar refractivity (Wildman–Crippen MR) is 131 cm³/mol. The number of carbonyl (C=O) groups is 1. The van der Waals surface area contributed by atoms with Gasteiger partial charge in [-0.15, -0.1) is 0 Å². The highest BCUT2D eigenvalue weighted by Gasteiger charge is 2.35. The second-order valence-corrected chi connectivity index (χ2v) is 10.1. The summed E-state index contributed by atoms with van der Waals surface area (Å²) in [4.78, 5) is 18.9. The van der Waals surface area contributed by atoms with Gasteiger partial charge in [-0.05, 0) is 42.3 Å². The number of anilines is 1. The van der Waals surface area contributed by atoms with Gasteiger partial charge in [0.25, 0.3) is 10.0 Å². The first-order valence-electron chi connectivity index (χ1n) is 10.9. The first-order valence-corrected chi connectivity index (χ1v) is 12.7. The second-order valence-electron chi connectivity index (χ2n) is 7.85. The Morgan fingerprint density at radius 1 is 1.22 bits per heavy atom. The number of fused-ring (bicyclic) bond motifs is 1. The molecule has 0 amide bonds. The van der Waals surface area contributed by atoms with Gasteiger partial charge in [-0.3, -0.25) is 14.1 Å². The molecule has 0 radical (unpaired) electrons. The fourth-order valence-electron chi connectivity index (χ4n) is 3.65. The molecule has 0 aliphatic carbocycles. The van der Waals surface area contributed by atoms with Crippen LogP contribution >= 0.6 is 11.6 Å². The molecule has 2 heterocycles. The van der Waals surface area contributed by atoms with Gasteiger partial charge in [0.15, 0.2) is 5.15 Å². The third kappa shape index (κ3) is 6.33. The Hall–Kier alpha value is -3.77. The van der Waals surface area contributed by atoms with E-state index in [1.54, 1.807) is 30.4 Å². The van der Waals surface area contributed by atoms with Crippen LogP contribution in [0.2, 0.25) is 5.15 Å². The van der Waals surface area contributed by atoms with Gasteiger partial charge in [-0.1, -0.05) is 29.8 Å². The summed E-state index contributed by atoms with van der Waals surface area (Å²) in [5.74, 6) is -1.15. The summed E-state index contributed by atoms with van der Waals surface area (Å²) in [7, 11) is -4.28. The minimum absolute atomic E-state index is 0.0577. The molecule has 194 valence electrons. The van der Waals surface area contributed by atoms with Gasteiger partial charge in [0.2, 0.25) is 0 Å². The molecule has 0 saturated carbocycles. The lowest BCUT2D eigenvalue weighted by Gasteiger charge is -2.35. The van der Waals surface area contributed by atoms with Crippen molar-refractivity contribution in [3.05, 3.63) is 71.3 Å². The number of nitrogens with zero attached hydrogens (tertiary/aromatic N) is 3. The molecule has 0 fully saturated rings. The van der Waals surface area contributed by atoms with Crippen LogP contribution in [0, 0.1) is 0 Å². The predicted octanol–water partition coefficient (Wildman–Crippen LogP) is 4.72. The fourth-order valence-corrected chi connectivity index (χ4v) is 5.35. The number of benzene rings is 2. The molecule has 1 aliphatic heterocycles. The first kappa shape index (κ1) is 26.3. The Balaban J connectivity index is 1.73. The van der Waals surface area contributed by atoms with Crippen molar-refractivity contribution in [2.24, 2.45) is 0 Å². The molecule has 0 bridgehead atoms. The summed E-state index contributed by atoms with van der Waals surface area (Å²) in [5.41, 5.74) is 1.19. The largest absolute Gasteiger partial charge is 0.486 e. The number of rotatable bonds is 9. The maximum atomic E-state index is 13.7. The lowest BCUT2D eigenvalue weighted by atomic mass is 10.1. The smallest absolute Gasteiger partial charge is 0.387 e. The van der Waals surface area contributed by atoms with Crippen LogP contribution in [0.5, 0.6) is 11.5 Å². The van der Waals surface area contributed by atoms with E-state index >= 15 is 0 Å². The minimum atomic E-state index is -4.28. The quantitative estimate of drug-likeness (QED) is 0.406. The fraction of sp³-hybridized carbons (Fsp3) is 0.208. The lowest BCUT2D eigenvalue weighted by Crippen LogP contribution is -2.43. The van der Waals surface area contributed by atoms with Crippen LogP contribution in [0.3, 0.4) is 0 Å². The van der Waals surface area contributed by atoms with E-state index in [2.05, 4.69) is 14.7 Å². The van der Waals surface area contributed by atoms with E-state index in [1.807, 2.05) is 0 Å². The molecule has 0 spiro atoms. The molecule has 1 N–H and O–H groups in total. The molecular formula is C24H20ClF2N3O6S. The summed E-state index contributed by atoms with van der Waals surface area (Å²) < 4.78 is 64.1. The van der Waals surface area contributed by atoms with E-state index in [1.165, 1.54) is 30.6 Å². The number of aliphatic carboxylic acids is 1. The molecule has 9 nitrogen and oxygen atoms in total. The lowest BCUT2D eigenvalue weighted by molar-refractivity contribution is -0.137. The van der Waals surface area contributed by atoms with Crippen LogP contribution in [0.25, 0.3) is 12.2 Å². The summed E-state index contributed by atoms with van der Waals surface area (Å²) in [5, 5.41) is 9.26. The van der Waals surface area contributed by atoms with E-state index in [-0.39, 0.29) is 46.6 Å². The van der Waals surface area contributed by atoms with Crippen LogP contribution in [0.1, 0.15) is 24.1 Å². The maximum absolute atomic E-state index is 13.7. The van der Waals surface area contributed by atoms with Crippen LogP contribution in [-0.2, 0) is 14.8 Å². The molecule has 1 atom stereocenters. The summed E-state index contributed by atoms with van der Waals surface area (Å²) in [6.07, 6.45) is 5.27. The zero-order valence-corrected chi connectivity index (χ0v) is 20.6. The molecule has 4 rings (SSSR count). The highest BCUT2D eigenvalue weighted by atomic mass is 35.5. The Kier molecular flexibility index (Phi) is 7.89. The molecule has 3 aromatic rings. The zero-order chi connectivity index (χ0) is 26.6. The monoisotopic (exact) mass is 551 g/mol. The highest BCUT2D eigenvalue weighted by Crippen LogP contribution is 2.39. The van der Waals surface area contributed by atoms with Gasteiger partial charge in [0, 0.05) is 24.9 Å². The van der Waals surface area contributed by atoms with E-state index in [0.717, 1.165) is 10.4 Å². The van der Waals surface area contributed by atoms with Gasteiger partial charge in [-0.25, -0.2) is 13.4 Å². The Bertz CT molecular complexity index is 1440. The van der Waals surface area contributed by atoms with Crippen LogP contribution in [-0.4, -0.2) is 48.7 Å². The number of hydrogen-bond acceptors (Lipinski definition) is 7. The first-order chi connectivity index (χ1) is 17.6. The van der Waals surface area contributed by atoms with E-state index in [4.69, 9.17) is 21.4 Å². The van der Waals surface area contributed by atoms with E-state index in [0.29, 0.717) is 11.3 Å². The number of carboxylic acids is 1. The molecule has 13 heteroatoms. The van der Waals surface area contributed by atoms with Crippen LogP contribution in [0.4, 0.5) is 14.5 Å². The third-order valence-electron chi connectivity index (χ3n) is 5.33. The summed E-state index contributed by atoms with van der Waals surface area (Å²) in [6.45, 7) is -3.31. The van der Waals surface area contributed by atoms with Crippen LogP contribution in [0.15, 0.2) is 59.8 Å². The van der Waals surface area contributed by atoms with Crippen molar-refractivity contribution in [3.8, 4) is 11.5 Å². The molecule has 37 heavy (non-hydrogen) atoms. The standard InChI is InChI=1S/C24H20ClF2N3O6S/c25-23-19(28-10-11-29-23)7-4-15-5-8-21-20(12-15)30(14-17(35-21)6-9-22(31)32)37(33,34)18-3-1-2-16(13-18)36-24(26)27/h1-5,7-8,10-13,17,24H,6,9,14H2,(H,31,32). The van der Waals surface area contributed by atoms with Crippen molar-refractivity contribution < 1.29 is 36.6 Å². The van der Waals surface area contributed by atoms with E-state index in [9.17, 15) is 22.0 Å². The molecule has 1 unspecified atom stereocenters. The van der Waals surface area contributed by atoms with Gasteiger partial charge in [0.05, 0.1) is 17.1 Å². The average Bonchev–Trinajstić information content (AvgIpc) is 2.86. The number of alkyl halides is 2. The molecule has 1 aliphatic rings. The van der Waals surface area contributed by atoms with E-state index < -0.39 is 28.7 Å². The SMILES string of the molecule is O=C(O)CCC1CN(S(=O)(=O)c2cccc(OC(F)F)c2)c2cc(C=Cc3nccnc3Cl)ccc2O1. The van der Waals surface area contributed by atoms with Crippen molar-refractivity contribution in [1.29, 1.82) is 0 Å². The number of aromatic nitrogens is 2. The van der Waals surface area contributed by atoms with Crippen molar-refractivity contribution in [1.82, 2.24) is 9.97 Å². The van der Waals surface area contributed by atoms with Crippen molar-refractivity contribution in [2.75, 3.05) is 10.8 Å². The second kappa shape index (κ2) is 11.1. The van der Waals surface area contributed by atoms with Crippen molar-refractivity contribution >= 4 is 45.4 Å². The topological polar surface area (TPSA) is 119 Å². The Labute approximate surface area is 216 Å². The Morgan fingerprint density at radius 3 is 2.73 bits per heavy atom. The number of halogens is 3. The van der Waals surface area contributed by atoms with Crippen molar-refractivity contribution in [3.63, 3.8) is 0 Å². The van der Waals surface area contributed by atoms with Gasteiger partial charge in [0.1, 0.15) is 23.3 Å². The number of hydrogen-bond donors (Lipinski definition) is 1. The highest BCUT2D eigenvalue weighted by molar-refractivity contribution is 7.92. The normalized spacial score (nSPS) is 15.5. The molecular weight excluding hydrogens is 532 g/mol. The summed E-state index contributed by atoms with van der Waals surface area (Å²) >= 11 is 6.04. The Morgan fingerprint density at radius 2 is 2.00 bits per heavy atom.